The molecule has 0 unspecified atom stereocenters. The van der Waals surface area contributed by atoms with Crippen LogP contribution in [0.4, 0.5) is 24.5 Å². The van der Waals surface area contributed by atoms with Crippen LogP contribution >= 0.6 is 11.6 Å². The van der Waals surface area contributed by atoms with E-state index in [0.29, 0.717) is 11.3 Å². The molecule has 11 heteroatoms. The summed E-state index contributed by atoms with van der Waals surface area (Å²) in [7, 11) is 0. The Kier molecular flexibility index (Phi) is 3.86. The van der Waals surface area contributed by atoms with Crippen molar-refractivity contribution in [1.29, 1.82) is 0 Å². The fourth-order valence-electron chi connectivity index (χ4n) is 2.67. The van der Waals surface area contributed by atoms with Crippen LogP contribution in [0.2, 0.25) is 5.02 Å². The number of halogens is 4. The Morgan fingerprint density at radius 3 is 2.62 bits per heavy atom. The lowest BCUT2D eigenvalue weighted by molar-refractivity contribution is -0.385. The van der Waals surface area contributed by atoms with Gasteiger partial charge in [-0.3, -0.25) is 10.1 Å². The van der Waals surface area contributed by atoms with Gasteiger partial charge in [0.15, 0.2) is 5.82 Å². The molecule has 1 aliphatic rings. The predicted octanol–water partition coefficient (Wildman–Crippen LogP) is 3.19. The van der Waals surface area contributed by atoms with Gasteiger partial charge in [0.25, 0.3) is 5.69 Å². The molecular formula is C13H11ClF3N5O2. The molecule has 0 radical (unpaired) electrons. The Labute approximate surface area is 138 Å². The average molecular weight is 362 g/mol. The van der Waals surface area contributed by atoms with Gasteiger partial charge in [-0.2, -0.15) is 13.2 Å². The first-order valence-electron chi connectivity index (χ1n) is 6.87. The number of fused-ring (bicyclic) bond motifs is 1. The van der Waals surface area contributed by atoms with Crippen LogP contribution < -0.4 is 4.90 Å². The van der Waals surface area contributed by atoms with Gasteiger partial charge in [-0.05, 0) is 13.0 Å². The lowest BCUT2D eigenvalue weighted by Gasteiger charge is -2.30. The molecule has 1 aromatic carbocycles. The van der Waals surface area contributed by atoms with Crippen LogP contribution in [0, 0.1) is 17.0 Å². The van der Waals surface area contributed by atoms with Gasteiger partial charge in [0, 0.05) is 24.7 Å². The third kappa shape index (κ3) is 2.77. The molecule has 0 saturated carbocycles. The maximum atomic E-state index is 12.8. The molecule has 0 aliphatic carbocycles. The summed E-state index contributed by atoms with van der Waals surface area (Å²) in [5.74, 6) is -0.858. The second-order valence-electron chi connectivity index (χ2n) is 5.36. The molecule has 0 N–H and O–H groups in total. The Morgan fingerprint density at radius 2 is 2.00 bits per heavy atom. The number of alkyl halides is 3. The summed E-state index contributed by atoms with van der Waals surface area (Å²) in [4.78, 5) is 12.1. The van der Waals surface area contributed by atoms with Crippen molar-refractivity contribution < 1.29 is 18.1 Å². The largest absolute Gasteiger partial charge is 0.451 e. The number of rotatable bonds is 2. The van der Waals surface area contributed by atoms with Gasteiger partial charge in [-0.1, -0.05) is 11.6 Å². The molecule has 0 fully saturated rings. The lowest BCUT2D eigenvalue weighted by atomic mass is 10.1. The van der Waals surface area contributed by atoms with Gasteiger partial charge in [0.2, 0.25) is 5.82 Å². The molecule has 2 heterocycles. The minimum absolute atomic E-state index is 0.0452. The first kappa shape index (κ1) is 16.5. The molecule has 7 nitrogen and oxygen atoms in total. The van der Waals surface area contributed by atoms with Crippen LogP contribution in [0.3, 0.4) is 0 Å². The third-order valence-corrected chi connectivity index (χ3v) is 4.11. The summed E-state index contributed by atoms with van der Waals surface area (Å²) in [5.41, 5.74) is 0.827. The van der Waals surface area contributed by atoms with Crippen molar-refractivity contribution in [1.82, 2.24) is 14.8 Å². The number of nitro groups is 1. The predicted molar refractivity (Wildman–Crippen MR) is 78.9 cm³/mol. The van der Waals surface area contributed by atoms with Gasteiger partial charge in [-0.15, -0.1) is 10.2 Å². The summed E-state index contributed by atoms with van der Waals surface area (Å²) in [6.07, 6.45) is -4.56. The SMILES string of the molecule is Cc1cc(N2CCn3c(nnc3C(F)(F)F)C2)c(Cl)cc1[N+](=O)[O-]. The normalized spacial score (nSPS) is 14.6. The van der Waals surface area contributed by atoms with Gasteiger partial charge < -0.3 is 9.47 Å². The maximum absolute atomic E-state index is 12.8. The van der Waals surface area contributed by atoms with E-state index in [9.17, 15) is 23.3 Å². The van der Waals surface area contributed by atoms with Crippen molar-refractivity contribution >= 4 is 23.0 Å². The van der Waals surface area contributed by atoms with E-state index in [0.717, 1.165) is 4.57 Å². The molecule has 0 atom stereocenters. The minimum Gasteiger partial charge on any atom is -0.361 e. The molecule has 0 amide bonds. The Hall–Kier alpha value is -2.36. The molecule has 1 aromatic heterocycles. The zero-order chi connectivity index (χ0) is 17.6. The highest BCUT2D eigenvalue weighted by atomic mass is 35.5. The van der Waals surface area contributed by atoms with Gasteiger partial charge in [0.05, 0.1) is 22.2 Å². The van der Waals surface area contributed by atoms with Crippen LogP contribution in [0.15, 0.2) is 12.1 Å². The van der Waals surface area contributed by atoms with Crippen molar-refractivity contribution in [3.63, 3.8) is 0 Å². The summed E-state index contributed by atoms with van der Waals surface area (Å²) >= 11 is 6.11. The van der Waals surface area contributed by atoms with Crippen molar-refractivity contribution in [2.24, 2.45) is 0 Å². The standard InChI is InChI=1S/C13H11ClF3N5O2/c1-7-4-10(8(14)5-9(7)22(23)24)20-2-3-21-11(6-20)18-19-12(21)13(15,16)17/h4-5H,2-3,6H2,1H3. The van der Waals surface area contributed by atoms with E-state index >= 15 is 0 Å². The topological polar surface area (TPSA) is 77.1 Å². The molecule has 24 heavy (non-hydrogen) atoms. The van der Waals surface area contributed by atoms with Crippen molar-refractivity contribution in [2.75, 3.05) is 11.4 Å². The number of hydrogen-bond acceptors (Lipinski definition) is 5. The second kappa shape index (κ2) is 5.62. The lowest BCUT2D eigenvalue weighted by Crippen LogP contribution is -2.35. The van der Waals surface area contributed by atoms with E-state index < -0.39 is 16.9 Å². The number of benzene rings is 1. The van der Waals surface area contributed by atoms with Crippen LogP contribution in [0.1, 0.15) is 17.2 Å². The van der Waals surface area contributed by atoms with Crippen LogP contribution in [0.5, 0.6) is 0 Å². The van der Waals surface area contributed by atoms with Gasteiger partial charge >= 0.3 is 6.18 Å². The van der Waals surface area contributed by atoms with E-state index in [1.807, 2.05) is 0 Å². The molecule has 3 rings (SSSR count). The van der Waals surface area contributed by atoms with Gasteiger partial charge in [0.1, 0.15) is 0 Å². The smallest absolute Gasteiger partial charge is 0.361 e. The Balaban J connectivity index is 1.93. The Morgan fingerprint density at radius 1 is 1.29 bits per heavy atom. The van der Waals surface area contributed by atoms with E-state index in [4.69, 9.17) is 11.6 Å². The van der Waals surface area contributed by atoms with Crippen molar-refractivity contribution in [3.8, 4) is 0 Å². The maximum Gasteiger partial charge on any atom is 0.451 e. The van der Waals surface area contributed by atoms with E-state index in [1.54, 1.807) is 17.9 Å². The van der Waals surface area contributed by atoms with E-state index in [1.165, 1.54) is 6.07 Å². The molecule has 0 spiro atoms. The van der Waals surface area contributed by atoms with Crippen molar-refractivity contribution in [2.45, 2.75) is 26.2 Å². The number of aromatic nitrogens is 3. The quantitative estimate of drug-likeness (QED) is 0.606. The number of nitro benzene ring substituents is 1. The van der Waals surface area contributed by atoms with Crippen molar-refractivity contribution in [3.05, 3.63) is 44.5 Å². The van der Waals surface area contributed by atoms with E-state index in [2.05, 4.69) is 10.2 Å². The molecule has 128 valence electrons. The number of aryl methyl sites for hydroxylation is 1. The summed E-state index contributed by atoms with van der Waals surface area (Å²) < 4.78 is 39.6. The number of nitrogens with zero attached hydrogens (tertiary/aromatic N) is 5. The fourth-order valence-corrected chi connectivity index (χ4v) is 2.95. The highest BCUT2D eigenvalue weighted by molar-refractivity contribution is 6.33. The average Bonchev–Trinajstić information content (AvgIpc) is 2.92. The molecule has 0 bridgehead atoms. The summed E-state index contributed by atoms with van der Waals surface area (Å²) in [6.45, 7) is 1.96. The highest BCUT2D eigenvalue weighted by Crippen LogP contribution is 2.35. The Bertz CT molecular complexity index is 821. The highest BCUT2D eigenvalue weighted by Gasteiger charge is 2.39. The van der Waals surface area contributed by atoms with Crippen LogP contribution in [-0.2, 0) is 19.3 Å². The molecular weight excluding hydrogens is 351 g/mol. The third-order valence-electron chi connectivity index (χ3n) is 3.81. The summed E-state index contributed by atoms with van der Waals surface area (Å²) in [6, 6.07) is 2.80. The summed E-state index contributed by atoms with van der Waals surface area (Å²) in [5, 5.41) is 17.9. The second-order valence-corrected chi connectivity index (χ2v) is 5.77. The fraction of sp³-hybridized carbons (Fsp3) is 0.385. The van der Waals surface area contributed by atoms with Gasteiger partial charge in [-0.25, -0.2) is 0 Å². The number of hydrogen-bond donors (Lipinski definition) is 0. The zero-order valence-corrected chi connectivity index (χ0v) is 13.1. The molecule has 1 aliphatic heterocycles. The number of anilines is 1. The zero-order valence-electron chi connectivity index (χ0n) is 12.3. The monoisotopic (exact) mass is 361 g/mol. The van der Waals surface area contributed by atoms with E-state index in [-0.39, 0.29) is 36.2 Å². The van der Waals surface area contributed by atoms with Crippen LogP contribution in [0.25, 0.3) is 0 Å². The first-order chi connectivity index (χ1) is 11.2. The van der Waals surface area contributed by atoms with Crippen LogP contribution in [-0.4, -0.2) is 26.2 Å². The molecule has 0 saturated heterocycles. The minimum atomic E-state index is -4.56. The molecule has 2 aromatic rings. The first-order valence-corrected chi connectivity index (χ1v) is 7.25.